The monoisotopic (exact) mass is 677 g/mol. The smallest absolute Gasteiger partial charge is 0.227 e. The molecule has 3 saturated carbocycles. The predicted molar refractivity (Wildman–Crippen MR) is 176 cm³/mol. The third kappa shape index (κ3) is 11.7. The van der Waals surface area contributed by atoms with Crippen molar-refractivity contribution in [2.75, 3.05) is 26.7 Å². The summed E-state index contributed by atoms with van der Waals surface area (Å²) in [5, 5.41) is 19.9. The van der Waals surface area contributed by atoms with E-state index in [1.54, 1.807) is 11.9 Å². The summed E-state index contributed by atoms with van der Waals surface area (Å²) < 4.78 is 51.0. The van der Waals surface area contributed by atoms with Gasteiger partial charge in [-0.25, -0.2) is 27.0 Å². The van der Waals surface area contributed by atoms with Crippen LogP contribution in [-0.4, -0.2) is 93.0 Å². The van der Waals surface area contributed by atoms with E-state index in [2.05, 4.69) is 10.1 Å². The third-order valence-corrected chi connectivity index (χ3v) is 13.2. The van der Waals surface area contributed by atoms with Crippen molar-refractivity contribution in [3.8, 4) is 0 Å². The Hall–Kier alpha value is -1.32. The largest absolute Gasteiger partial charge is 0.390 e. The van der Waals surface area contributed by atoms with Gasteiger partial charge in [0.1, 0.15) is 0 Å². The molecule has 0 saturated heterocycles. The fourth-order valence-electron chi connectivity index (χ4n) is 7.59. The summed E-state index contributed by atoms with van der Waals surface area (Å²) in [5.74, 6) is -1.64. The summed E-state index contributed by atoms with van der Waals surface area (Å²) in [4.78, 5) is 31.7. The Morgan fingerprint density at radius 3 is 1.96 bits per heavy atom. The summed E-state index contributed by atoms with van der Waals surface area (Å²) in [6.07, 6.45) is 10.6. The molecule has 3 aliphatic carbocycles. The number of nitrogens with zero attached hydrogens (tertiary/aromatic N) is 2. The lowest BCUT2D eigenvalue weighted by Crippen LogP contribution is -2.54. The van der Waals surface area contributed by atoms with E-state index in [9.17, 15) is 31.5 Å². The molecule has 0 aliphatic heterocycles. The molecule has 5 N–H and O–H groups in total. The summed E-state index contributed by atoms with van der Waals surface area (Å²) >= 11 is 0. The van der Waals surface area contributed by atoms with E-state index in [1.165, 1.54) is 5.01 Å². The molecule has 3 rings (SSSR count). The average molecular weight is 678 g/mol. The van der Waals surface area contributed by atoms with E-state index in [4.69, 9.17) is 5.14 Å². The van der Waals surface area contributed by atoms with Crippen molar-refractivity contribution in [1.29, 1.82) is 0 Å². The van der Waals surface area contributed by atoms with Crippen LogP contribution in [0, 0.1) is 17.8 Å². The van der Waals surface area contributed by atoms with Crippen LogP contribution in [0.5, 0.6) is 0 Å². The second-order valence-corrected chi connectivity index (χ2v) is 17.6. The lowest BCUT2D eigenvalue weighted by Gasteiger charge is -2.37. The molecule has 14 heteroatoms. The predicted octanol–water partition coefficient (Wildman–Crippen LogP) is 2.62. The number of amides is 2. The molecule has 3 fully saturated rings. The molecule has 0 aromatic rings. The number of aliphatic hydroxyl groups excluding tert-OH is 1. The topological polar surface area (TPSA) is 179 Å². The Morgan fingerprint density at radius 1 is 0.844 bits per heavy atom. The van der Waals surface area contributed by atoms with Gasteiger partial charge in [-0.3, -0.25) is 9.59 Å². The SMILES string of the molecule is CCCN(CCC)C(=O)C1CC(C(=O)NC(CC2CCCCC2)C(O)CN(C)NS(=O)(=O)C2CCCCC2)CC(S(N)(=O)=O)C1. The summed E-state index contributed by atoms with van der Waals surface area (Å²) in [7, 11) is -6.01. The van der Waals surface area contributed by atoms with Crippen LogP contribution in [0.3, 0.4) is 0 Å². The van der Waals surface area contributed by atoms with Crippen molar-refractivity contribution < 1.29 is 31.5 Å². The Bertz CT molecular complexity index is 1150. The summed E-state index contributed by atoms with van der Waals surface area (Å²) in [6, 6.07) is -0.664. The maximum atomic E-state index is 13.8. The first-order valence-electron chi connectivity index (χ1n) is 17.3. The van der Waals surface area contributed by atoms with Gasteiger partial charge in [0.25, 0.3) is 0 Å². The zero-order chi connectivity index (χ0) is 33.2. The van der Waals surface area contributed by atoms with E-state index < -0.39 is 60.4 Å². The lowest BCUT2D eigenvalue weighted by atomic mass is 9.79. The number of likely N-dealkylation sites (N-methyl/N-ethyl adjacent to an activating group) is 1. The van der Waals surface area contributed by atoms with Gasteiger partial charge >= 0.3 is 0 Å². The Kier molecular flexibility index (Phi) is 15.0. The average Bonchev–Trinajstić information content (AvgIpc) is 3.00. The van der Waals surface area contributed by atoms with Gasteiger partial charge in [0, 0.05) is 38.5 Å². The molecule has 3 aliphatic rings. The first kappa shape index (κ1) is 38.1. The van der Waals surface area contributed by atoms with Crippen LogP contribution in [0.2, 0.25) is 0 Å². The molecule has 5 unspecified atom stereocenters. The van der Waals surface area contributed by atoms with Gasteiger partial charge in [0.05, 0.1) is 22.6 Å². The number of aliphatic hydroxyl groups is 1. The highest BCUT2D eigenvalue weighted by Crippen LogP contribution is 2.35. The second kappa shape index (κ2) is 17.7. The van der Waals surface area contributed by atoms with E-state index in [0.29, 0.717) is 38.3 Å². The van der Waals surface area contributed by atoms with Gasteiger partial charge in [-0.15, -0.1) is 4.83 Å². The van der Waals surface area contributed by atoms with Crippen molar-refractivity contribution in [3.05, 3.63) is 0 Å². The van der Waals surface area contributed by atoms with Gasteiger partial charge in [-0.05, 0) is 57.3 Å². The van der Waals surface area contributed by atoms with Gasteiger partial charge in [0.2, 0.25) is 31.9 Å². The molecule has 0 heterocycles. The normalized spacial score (nSPS) is 25.5. The third-order valence-electron chi connectivity index (χ3n) is 9.99. The van der Waals surface area contributed by atoms with Crippen molar-refractivity contribution >= 4 is 31.9 Å². The summed E-state index contributed by atoms with van der Waals surface area (Å²) in [5.41, 5.74) is 0. The number of sulfonamides is 2. The Morgan fingerprint density at radius 2 is 1.40 bits per heavy atom. The quantitative estimate of drug-likeness (QED) is 0.180. The fraction of sp³-hybridized carbons (Fsp3) is 0.935. The number of carbonyl (C=O) groups excluding carboxylic acids is 2. The van der Waals surface area contributed by atoms with Gasteiger partial charge < -0.3 is 15.3 Å². The minimum absolute atomic E-state index is 0.0172. The number of hydrazine groups is 1. The Labute approximate surface area is 271 Å². The minimum atomic E-state index is -3.99. The van der Waals surface area contributed by atoms with Crippen LogP contribution in [0.1, 0.15) is 117 Å². The van der Waals surface area contributed by atoms with Crippen LogP contribution >= 0.6 is 0 Å². The molecule has 0 radical (unpaired) electrons. The number of hydrogen-bond acceptors (Lipinski definition) is 8. The molecular weight excluding hydrogens is 619 g/mol. The van der Waals surface area contributed by atoms with E-state index in [1.807, 2.05) is 13.8 Å². The summed E-state index contributed by atoms with van der Waals surface area (Å²) in [6.45, 7) is 5.06. The molecular formula is C31H59N5O7S2. The second-order valence-electron chi connectivity index (χ2n) is 13.8. The Balaban J connectivity index is 1.75. The van der Waals surface area contributed by atoms with Crippen LogP contribution in [0.15, 0.2) is 0 Å². The molecule has 12 nitrogen and oxygen atoms in total. The number of primary sulfonamides is 1. The molecule has 5 atom stereocenters. The number of carbonyl (C=O) groups is 2. The molecule has 0 aromatic heterocycles. The van der Waals surface area contributed by atoms with Crippen molar-refractivity contribution in [2.24, 2.45) is 22.9 Å². The van der Waals surface area contributed by atoms with Crippen molar-refractivity contribution in [1.82, 2.24) is 20.1 Å². The van der Waals surface area contributed by atoms with Crippen molar-refractivity contribution in [3.63, 3.8) is 0 Å². The molecule has 2 amide bonds. The van der Waals surface area contributed by atoms with Gasteiger partial charge in [0.15, 0.2) is 0 Å². The van der Waals surface area contributed by atoms with Crippen LogP contribution in [0.25, 0.3) is 0 Å². The lowest BCUT2D eigenvalue weighted by molar-refractivity contribution is -0.138. The van der Waals surface area contributed by atoms with Gasteiger partial charge in [-0.2, -0.15) is 0 Å². The van der Waals surface area contributed by atoms with E-state index in [-0.39, 0.29) is 31.7 Å². The maximum absolute atomic E-state index is 13.8. The number of nitrogens with one attached hydrogen (secondary N) is 2. The maximum Gasteiger partial charge on any atom is 0.227 e. The zero-order valence-corrected chi connectivity index (χ0v) is 29.3. The zero-order valence-electron chi connectivity index (χ0n) is 27.7. The highest BCUT2D eigenvalue weighted by molar-refractivity contribution is 7.90. The first-order chi connectivity index (χ1) is 21.2. The fourth-order valence-corrected chi connectivity index (χ4v) is 10.2. The molecule has 0 spiro atoms. The molecule has 0 bridgehead atoms. The van der Waals surface area contributed by atoms with E-state index >= 15 is 0 Å². The van der Waals surface area contributed by atoms with Crippen LogP contribution in [-0.2, 0) is 29.6 Å². The van der Waals surface area contributed by atoms with Crippen molar-refractivity contribution in [2.45, 2.75) is 139 Å². The first-order valence-corrected chi connectivity index (χ1v) is 20.4. The van der Waals surface area contributed by atoms with E-state index in [0.717, 1.165) is 64.2 Å². The highest BCUT2D eigenvalue weighted by Gasteiger charge is 2.42. The number of nitrogens with two attached hydrogens (primary N) is 1. The minimum Gasteiger partial charge on any atom is -0.390 e. The molecule has 45 heavy (non-hydrogen) atoms. The number of rotatable bonds is 16. The van der Waals surface area contributed by atoms with Crippen LogP contribution < -0.4 is 15.3 Å². The number of hydrogen-bond donors (Lipinski definition) is 4. The molecule has 0 aromatic carbocycles. The standard InChI is InChI=1S/C31H59N5O7S2/c1-4-16-36(17-5-2)31(39)25-19-24(20-27(21-25)44(32,40)41)30(38)33-28(18-23-12-8-6-9-13-23)29(37)22-35(3)34-45(42,43)26-14-10-7-11-15-26/h23-29,34,37H,4-22H2,1-3H3,(H,33,38)(H2,32,40,41). The molecule has 262 valence electrons. The van der Waals surface area contributed by atoms with Gasteiger partial charge in [-0.1, -0.05) is 65.2 Å². The highest BCUT2D eigenvalue weighted by atomic mass is 32.2. The van der Waals surface area contributed by atoms with Crippen LogP contribution in [0.4, 0.5) is 0 Å².